The van der Waals surface area contributed by atoms with E-state index in [1.54, 1.807) is 0 Å². The van der Waals surface area contributed by atoms with E-state index >= 15 is 0 Å². The second-order valence-corrected chi connectivity index (χ2v) is 3.31. The lowest BCUT2D eigenvalue weighted by Gasteiger charge is -2.22. The zero-order valence-electron chi connectivity index (χ0n) is 6.97. The van der Waals surface area contributed by atoms with Crippen LogP contribution in [0, 0.1) is 5.92 Å². The van der Waals surface area contributed by atoms with Crippen molar-refractivity contribution in [1.29, 1.82) is 0 Å². The Bertz CT molecular complexity index is 128. The first kappa shape index (κ1) is 8.75. The van der Waals surface area contributed by atoms with Crippen molar-refractivity contribution in [3.8, 4) is 0 Å². The average molecular weight is 155 g/mol. The molecule has 2 heteroatoms. The molecule has 0 atom stereocenters. The quantitative estimate of drug-likeness (QED) is 0.594. The SMILES string of the molecule is C=C(CO)CC1CCNCC1. The number of piperidine rings is 1. The van der Waals surface area contributed by atoms with Crippen molar-refractivity contribution >= 4 is 0 Å². The minimum atomic E-state index is 0.157. The van der Waals surface area contributed by atoms with Crippen molar-refractivity contribution in [1.82, 2.24) is 5.32 Å². The topological polar surface area (TPSA) is 32.3 Å². The van der Waals surface area contributed by atoms with E-state index in [0.29, 0.717) is 0 Å². The predicted octanol–water partition coefficient (Wildman–Crippen LogP) is 0.925. The van der Waals surface area contributed by atoms with Crippen LogP contribution in [0.15, 0.2) is 12.2 Å². The highest BCUT2D eigenvalue weighted by molar-refractivity contribution is 4.96. The fourth-order valence-electron chi connectivity index (χ4n) is 1.56. The average Bonchev–Trinajstić information content (AvgIpc) is 2.06. The van der Waals surface area contributed by atoms with Gasteiger partial charge in [-0.25, -0.2) is 0 Å². The summed E-state index contributed by atoms with van der Waals surface area (Å²) in [5.41, 5.74) is 0.983. The molecule has 0 aromatic heterocycles. The van der Waals surface area contributed by atoms with Crippen molar-refractivity contribution in [2.45, 2.75) is 19.3 Å². The van der Waals surface area contributed by atoms with Gasteiger partial charge in [0, 0.05) is 0 Å². The van der Waals surface area contributed by atoms with Crippen LogP contribution in [0.4, 0.5) is 0 Å². The Morgan fingerprint density at radius 3 is 2.64 bits per heavy atom. The molecule has 1 aliphatic rings. The standard InChI is InChI=1S/C9H17NO/c1-8(7-11)6-9-2-4-10-5-3-9/h9-11H,1-7H2. The molecule has 0 saturated carbocycles. The van der Waals surface area contributed by atoms with Gasteiger partial charge >= 0.3 is 0 Å². The highest BCUT2D eigenvalue weighted by Crippen LogP contribution is 2.19. The molecule has 1 rings (SSSR count). The minimum absolute atomic E-state index is 0.157. The van der Waals surface area contributed by atoms with Crippen LogP contribution < -0.4 is 5.32 Å². The number of aliphatic hydroxyl groups is 1. The third-order valence-corrected chi connectivity index (χ3v) is 2.26. The van der Waals surface area contributed by atoms with Crippen LogP contribution >= 0.6 is 0 Å². The maximum atomic E-state index is 8.75. The number of nitrogens with one attached hydrogen (secondary N) is 1. The van der Waals surface area contributed by atoms with Gasteiger partial charge in [-0.1, -0.05) is 12.2 Å². The molecular weight excluding hydrogens is 138 g/mol. The molecule has 1 fully saturated rings. The van der Waals surface area contributed by atoms with Gasteiger partial charge in [-0.2, -0.15) is 0 Å². The maximum Gasteiger partial charge on any atom is 0.0639 e. The lowest BCUT2D eigenvalue weighted by atomic mass is 9.92. The van der Waals surface area contributed by atoms with Gasteiger partial charge < -0.3 is 10.4 Å². The summed E-state index contributed by atoms with van der Waals surface area (Å²) >= 11 is 0. The molecule has 0 aromatic rings. The molecular formula is C9H17NO. The third-order valence-electron chi connectivity index (χ3n) is 2.26. The lowest BCUT2D eigenvalue weighted by Crippen LogP contribution is -2.28. The van der Waals surface area contributed by atoms with E-state index in [9.17, 15) is 0 Å². The molecule has 0 aromatic carbocycles. The Morgan fingerprint density at radius 2 is 2.09 bits per heavy atom. The summed E-state index contributed by atoms with van der Waals surface area (Å²) in [6.07, 6.45) is 3.48. The second kappa shape index (κ2) is 4.52. The summed E-state index contributed by atoms with van der Waals surface area (Å²) in [5.74, 6) is 0.760. The summed E-state index contributed by atoms with van der Waals surface area (Å²) < 4.78 is 0. The van der Waals surface area contributed by atoms with Crippen LogP contribution in [0.5, 0.6) is 0 Å². The first-order valence-corrected chi connectivity index (χ1v) is 4.31. The fourth-order valence-corrected chi connectivity index (χ4v) is 1.56. The van der Waals surface area contributed by atoms with E-state index in [-0.39, 0.29) is 6.61 Å². The predicted molar refractivity (Wildman–Crippen MR) is 46.4 cm³/mol. The Labute approximate surface area is 68.3 Å². The highest BCUT2D eigenvalue weighted by Gasteiger charge is 2.12. The molecule has 0 spiro atoms. The first-order chi connectivity index (χ1) is 5.33. The Balaban J connectivity index is 2.19. The van der Waals surface area contributed by atoms with Gasteiger partial charge in [0.2, 0.25) is 0 Å². The number of hydrogen-bond acceptors (Lipinski definition) is 2. The van der Waals surface area contributed by atoms with E-state index in [4.69, 9.17) is 5.11 Å². The third kappa shape index (κ3) is 3.04. The first-order valence-electron chi connectivity index (χ1n) is 4.31. The summed E-state index contributed by atoms with van der Waals surface area (Å²) in [6, 6.07) is 0. The second-order valence-electron chi connectivity index (χ2n) is 3.31. The van der Waals surface area contributed by atoms with Crippen molar-refractivity contribution in [2.75, 3.05) is 19.7 Å². The molecule has 2 N–H and O–H groups in total. The number of hydrogen-bond donors (Lipinski definition) is 2. The molecule has 0 unspecified atom stereocenters. The van der Waals surface area contributed by atoms with E-state index in [2.05, 4.69) is 11.9 Å². The van der Waals surface area contributed by atoms with Gasteiger partial charge in [0.1, 0.15) is 0 Å². The van der Waals surface area contributed by atoms with Crippen LogP contribution in [0.1, 0.15) is 19.3 Å². The molecule has 64 valence electrons. The minimum Gasteiger partial charge on any atom is -0.392 e. The largest absolute Gasteiger partial charge is 0.392 e. The fraction of sp³-hybridized carbons (Fsp3) is 0.778. The van der Waals surface area contributed by atoms with Crippen molar-refractivity contribution in [3.05, 3.63) is 12.2 Å². The van der Waals surface area contributed by atoms with Gasteiger partial charge in [0.15, 0.2) is 0 Å². The molecule has 0 aliphatic carbocycles. The molecule has 0 radical (unpaired) electrons. The molecule has 2 nitrogen and oxygen atoms in total. The molecule has 11 heavy (non-hydrogen) atoms. The van der Waals surface area contributed by atoms with Crippen LogP contribution in [0.25, 0.3) is 0 Å². The monoisotopic (exact) mass is 155 g/mol. The van der Waals surface area contributed by atoms with Crippen LogP contribution in [0.2, 0.25) is 0 Å². The lowest BCUT2D eigenvalue weighted by molar-refractivity contribution is 0.306. The van der Waals surface area contributed by atoms with Gasteiger partial charge in [-0.15, -0.1) is 0 Å². The van der Waals surface area contributed by atoms with Crippen molar-refractivity contribution < 1.29 is 5.11 Å². The molecule has 0 amide bonds. The van der Waals surface area contributed by atoms with Gasteiger partial charge in [0.25, 0.3) is 0 Å². The van der Waals surface area contributed by atoms with Gasteiger partial charge in [0.05, 0.1) is 6.61 Å². The zero-order valence-corrected chi connectivity index (χ0v) is 6.97. The maximum absolute atomic E-state index is 8.75. The molecule has 1 saturated heterocycles. The summed E-state index contributed by atoms with van der Waals surface area (Å²) in [5, 5.41) is 12.1. The number of rotatable bonds is 3. The van der Waals surface area contributed by atoms with Crippen LogP contribution in [0.3, 0.4) is 0 Å². The van der Waals surface area contributed by atoms with E-state index in [0.717, 1.165) is 31.0 Å². The highest BCUT2D eigenvalue weighted by atomic mass is 16.3. The van der Waals surface area contributed by atoms with E-state index in [1.807, 2.05) is 0 Å². The summed E-state index contributed by atoms with van der Waals surface area (Å²) in [4.78, 5) is 0. The molecule has 1 heterocycles. The summed E-state index contributed by atoms with van der Waals surface area (Å²) in [7, 11) is 0. The number of aliphatic hydroxyl groups excluding tert-OH is 1. The Kier molecular flexibility index (Phi) is 3.60. The van der Waals surface area contributed by atoms with E-state index < -0.39 is 0 Å². The summed E-state index contributed by atoms with van der Waals surface area (Å²) in [6.45, 7) is 6.21. The Morgan fingerprint density at radius 1 is 1.45 bits per heavy atom. The van der Waals surface area contributed by atoms with Gasteiger partial charge in [-0.05, 0) is 38.3 Å². The Hall–Kier alpha value is -0.340. The van der Waals surface area contributed by atoms with Crippen molar-refractivity contribution in [3.63, 3.8) is 0 Å². The van der Waals surface area contributed by atoms with Crippen molar-refractivity contribution in [2.24, 2.45) is 5.92 Å². The molecule has 1 aliphatic heterocycles. The zero-order chi connectivity index (χ0) is 8.10. The van der Waals surface area contributed by atoms with Crippen LogP contribution in [-0.4, -0.2) is 24.8 Å². The normalized spacial score (nSPS) is 20.1. The van der Waals surface area contributed by atoms with Crippen LogP contribution in [-0.2, 0) is 0 Å². The smallest absolute Gasteiger partial charge is 0.0639 e. The van der Waals surface area contributed by atoms with E-state index in [1.165, 1.54) is 12.8 Å². The van der Waals surface area contributed by atoms with Gasteiger partial charge in [-0.3, -0.25) is 0 Å². The molecule has 0 bridgehead atoms.